The molecule has 2 amide bonds. The summed E-state index contributed by atoms with van der Waals surface area (Å²) in [6.07, 6.45) is 1.48. The molecule has 2 heterocycles. The first kappa shape index (κ1) is 22.6. The maximum Gasteiger partial charge on any atom is 0.270 e. The predicted octanol–water partition coefficient (Wildman–Crippen LogP) is 2.79. The van der Waals surface area contributed by atoms with Crippen molar-refractivity contribution < 1.29 is 18.0 Å². The van der Waals surface area contributed by atoms with E-state index in [0.717, 1.165) is 12.8 Å². The highest BCUT2D eigenvalue weighted by Gasteiger charge is 2.36. The molecule has 1 fully saturated rings. The molecule has 0 aliphatic carbocycles. The van der Waals surface area contributed by atoms with Gasteiger partial charge in [-0.25, -0.2) is 8.42 Å². The summed E-state index contributed by atoms with van der Waals surface area (Å²) in [6.45, 7) is 2.38. The van der Waals surface area contributed by atoms with E-state index < -0.39 is 21.8 Å². The third-order valence-electron chi connectivity index (χ3n) is 5.09. The molecular weight excluding hydrogens is 451 g/mol. The molecular formula is C19H22Cl2N4O4S. The number of amides is 2. The number of H-pyrrole nitrogens is 1. The summed E-state index contributed by atoms with van der Waals surface area (Å²) >= 11 is 12.1. The number of carbonyl (C=O) groups excluding carboxylic acids is 2. The Kier molecular flexibility index (Phi) is 6.47. The van der Waals surface area contributed by atoms with E-state index in [2.05, 4.69) is 4.98 Å². The number of nitrogens with zero attached hydrogens (tertiary/aromatic N) is 2. The molecule has 0 radical (unpaired) electrons. The van der Waals surface area contributed by atoms with E-state index in [1.807, 2.05) is 0 Å². The van der Waals surface area contributed by atoms with Crippen LogP contribution in [-0.2, 0) is 16.6 Å². The smallest absolute Gasteiger partial charge is 0.270 e. The number of sulfonamides is 1. The molecule has 162 valence electrons. The second-order valence-corrected chi connectivity index (χ2v) is 9.92. The van der Waals surface area contributed by atoms with E-state index in [4.69, 9.17) is 28.9 Å². The van der Waals surface area contributed by atoms with Crippen LogP contribution in [0.4, 0.5) is 0 Å². The SMILES string of the molecule is Cc1c(C(=O)N(C)Cc2ccc(Cl)cc2Cl)[nH]c(C(N)=O)c1S(=O)(=O)N1CCCC1. The van der Waals surface area contributed by atoms with Crippen molar-refractivity contribution in [1.29, 1.82) is 0 Å². The molecule has 1 saturated heterocycles. The van der Waals surface area contributed by atoms with Crippen molar-refractivity contribution in [3.63, 3.8) is 0 Å². The van der Waals surface area contributed by atoms with Crippen molar-refractivity contribution in [3.8, 4) is 0 Å². The van der Waals surface area contributed by atoms with E-state index >= 15 is 0 Å². The van der Waals surface area contributed by atoms with Crippen LogP contribution in [0.25, 0.3) is 0 Å². The van der Waals surface area contributed by atoms with Crippen LogP contribution in [0.15, 0.2) is 23.1 Å². The number of aromatic amines is 1. The van der Waals surface area contributed by atoms with Crippen LogP contribution in [0.1, 0.15) is 44.9 Å². The minimum Gasteiger partial charge on any atom is -0.364 e. The molecule has 8 nitrogen and oxygen atoms in total. The quantitative estimate of drug-likeness (QED) is 0.671. The molecule has 3 rings (SSSR count). The summed E-state index contributed by atoms with van der Waals surface area (Å²) in [5.41, 5.74) is 5.95. The van der Waals surface area contributed by atoms with Gasteiger partial charge in [-0.15, -0.1) is 0 Å². The van der Waals surface area contributed by atoms with Gasteiger partial charge in [0, 0.05) is 42.3 Å². The predicted molar refractivity (Wildman–Crippen MR) is 114 cm³/mol. The zero-order valence-electron chi connectivity index (χ0n) is 16.5. The molecule has 0 saturated carbocycles. The molecule has 0 unspecified atom stereocenters. The van der Waals surface area contributed by atoms with Crippen LogP contribution in [-0.4, -0.2) is 54.6 Å². The maximum absolute atomic E-state index is 13.1. The molecule has 1 aliphatic rings. The van der Waals surface area contributed by atoms with Crippen LogP contribution < -0.4 is 5.73 Å². The zero-order valence-corrected chi connectivity index (χ0v) is 18.9. The number of aromatic nitrogens is 1. The fourth-order valence-corrected chi connectivity index (χ4v) is 5.88. The van der Waals surface area contributed by atoms with Gasteiger partial charge in [0.15, 0.2) is 0 Å². The van der Waals surface area contributed by atoms with E-state index in [0.29, 0.717) is 28.7 Å². The molecule has 3 N–H and O–H groups in total. The average molecular weight is 473 g/mol. The largest absolute Gasteiger partial charge is 0.364 e. The molecule has 30 heavy (non-hydrogen) atoms. The molecule has 1 aliphatic heterocycles. The first-order valence-electron chi connectivity index (χ1n) is 9.26. The van der Waals surface area contributed by atoms with Crippen molar-refractivity contribution in [2.45, 2.75) is 31.2 Å². The van der Waals surface area contributed by atoms with Crippen molar-refractivity contribution in [1.82, 2.24) is 14.2 Å². The zero-order chi connectivity index (χ0) is 22.2. The van der Waals surface area contributed by atoms with Crippen molar-refractivity contribution in [3.05, 3.63) is 50.8 Å². The molecule has 0 spiro atoms. The molecule has 2 aromatic rings. The number of nitrogens with two attached hydrogens (primary N) is 1. The van der Waals surface area contributed by atoms with E-state index in [1.54, 1.807) is 25.2 Å². The van der Waals surface area contributed by atoms with Gasteiger partial charge in [-0.3, -0.25) is 9.59 Å². The van der Waals surface area contributed by atoms with E-state index in [1.165, 1.54) is 16.1 Å². The second kappa shape index (κ2) is 8.58. The Morgan fingerprint density at radius 3 is 2.40 bits per heavy atom. The van der Waals surface area contributed by atoms with Crippen LogP contribution in [0.5, 0.6) is 0 Å². The number of hydrogen-bond donors (Lipinski definition) is 2. The summed E-state index contributed by atoms with van der Waals surface area (Å²) in [7, 11) is -2.41. The highest BCUT2D eigenvalue weighted by Crippen LogP contribution is 2.30. The Balaban J connectivity index is 1.97. The van der Waals surface area contributed by atoms with Gasteiger partial charge in [0.05, 0.1) is 0 Å². The van der Waals surface area contributed by atoms with Crippen LogP contribution in [0, 0.1) is 6.92 Å². The van der Waals surface area contributed by atoms with Gasteiger partial charge in [-0.2, -0.15) is 4.31 Å². The number of rotatable bonds is 6. The highest BCUT2D eigenvalue weighted by atomic mass is 35.5. The molecule has 11 heteroatoms. The molecule has 0 atom stereocenters. The highest BCUT2D eigenvalue weighted by molar-refractivity contribution is 7.89. The Labute approximate surface area is 185 Å². The molecule has 1 aromatic carbocycles. The maximum atomic E-state index is 13.1. The Hall–Kier alpha value is -2.07. The van der Waals surface area contributed by atoms with E-state index in [-0.39, 0.29) is 28.4 Å². The van der Waals surface area contributed by atoms with Crippen LogP contribution >= 0.6 is 23.2 Å². The van der Waals surface area contributed by atoms with Gasteiger partial charge >= 0.3 is 0 Å². The van der Waals surface area contributed by atoms with Gasteiger partial charge in [0.1, 0.15) is 16.3 Å². The fourth-order valence-electron chi connectivity index (χ4n) is 3.51. The summed E-state index contributed by atoms with van der Waals surface area (Å²) in [5, 5.41) is 0.876. The van der Waals surface area contributed by atoms with Gasteiger partial charge in [-0.05, 0) is 37.5 Å². The number of primary amides is 1. The van der Waals surface area contributed by atoms with Crippen molar-refractivity contribution >= 4 is 45.0 Å². The van der Waals surface area contributed by atoms with Gasteiger partial charge < -0.3 is 15.6 Å². The topological polar surface area (TPSA) is 117 Å². The number of hydrogen-bond acceptors (Lipinski definition) is 4. The minimum atomic E-state index is -3.96. The normalized spacial score (nSPS) is 14.8. The second-order valence-electron chi connectivity index (χ2n) is 7.20. The number of nitrogens with one attached hydrogen (secondary N) is 1. The third-order valence-corrected chi connectivity index (χ3v) is 7.74. The first-order valence-corrected chi connectivity index (χ1v) is 11.5. The average Bonchev–Trinajstić information content (AvgIpc) is 3.32. The summed E-state index contributed by atoms with van der Waals surface area (Å²) in [5.74, 6) is -1.44. The van der Waals surface area contributed by atoms with Crippen molar-refractivity contribution in [2.75, 3.05) is 20.1 Å². The van der Waals surface area contributed by atoms with Crippen LogP contribution in [0.2, 0.25) is 10.0 Å². The molecule has 1 aromatic heterocycles. The summed E-state index contributed by atoms with van der Waals surface area (Å²) < 4.78 is 27.5. The van der Waals surface area contributed by atoms with Crippen LogP contribution in [0.3, 0.4) is 0 Å². The monoisotopic (exact) mass is 472 g/mol. The van der Waals surface area contributed by atoms with Gasteiger partial charge in [0.25, 0.3) is 11.8 Å². The van der Waals surface area contributed by atoms with E-state index in [9.17, 15) is 18.0 Å². The number of halogens is 2. The Bertz CT molecular complexity index is 1110. The summed E-state index contributed by atoms with van der Waals surface area (Å²) in [4.78, 5) is 28.8. The first-order chi connectivity index (χ1) is 14.0. The fraction of sp³-hybridized carbons (Fsp3) is 0.368. The lowest BCUT2D eigenvalue weighted by molar-refractivity contribution is 0.0779. The Morgan fingerprint density at radius 1 is 1.20 bits per heavy atom. The lowest BCUT2D eigenvalue weighted by Crippen LogP contribution is -2.30. The van der Waals surface area contributed by atoms with Gasteiger partial charge in [0.2, 0.25) is 10.0 Å². The lowest BCUT2D eigenvalue weighted by atomic mass is 10.2. The standard InChI is InChI=1S/C19H22Cl2N4O4S/c1-11-15(19(27)24(2)10-12-5-6-13(20)9-14(12)21)23-16(18(22)26)17(11)30(28,29)25-7-3-4-8-25/h5-6,9,23H,3-4,7-8,10H2,1-2H3,(H2,22,26). The number of carbonyl (C=O) groups is 2. The summed E-state index contributed by atoms with van der Waals surface area (Å²) in [6, 6.07) is 4.93. The molecule has 0 bridgehead atoms. The van der Waals surface area contributed by atoms with Crippen molar-refractivity contribution in [2.24, 2.45) is 5.73 Å². The third kappa shape index (κ3) is 4.20. The van der Waals surface area contributed by atoms with Gasteiger partial charge in [-0.1, -0.05) is 29.3 Å². The number of benzene rings is 1. The lowest BCUT2D eigenvalue weighted by Gasteiger charge is -2.18. The minimum absolute atomic E-state index is 0.00541. The Morgan fingerprint density at radius 2 is 1.83 bits per heavy atom.